The maximum Gasteiger partial charge on any atom is 0.338 e. The number of benzene rings is 2. The lowest BCUT2D eigenvalue weighted by molar-refractivity contribution is -0.384. The molecule has 0 fully saturated rings. The zero-order valence-electron chi connectivity index (χ0n) is 21.4. The van der Waals surface area contributed by atoms with Gasteiger partial charge in [-0.2, -0.15) is 0 Å². The van der Waals surface area contributed by atoms with Crippen LogP contribution in [0.3, 0.4) is 0 Å². The first-order valence-corrected chi connectivity index (χ1v) is 13.7. The molecule has 9 nitrogen and oxygen atoms in total. The van der Waals surface area contributed by atoms with Crippen LogP contribution in [0.2, 0.25) is 10.0 Å². The predicted molar refractivity (Wildman–Crippen MR) is 152 cm³/mol. The summed E-state index contributed by atoms with van der Waals surface area (Å²) in [6.07, 6.45) is 1.56. The Bertz CT molecular complexity index is 1890. The fraction of sp³-hybridized carbons (Fsp3) is 0.179. The van der Waals surface area contributed by atoms with Crippen molar-refractivity contribution in [2.75, 3.05) is 6.61 Å². The molecule has 204 valence electrons. The summed E-state index contributed by atoms with van der Waals surface area (Å²) < 4.78 is 13.0. The number of hydrogen-bond donors (Lipinski definition) is 0. The monoisotopic (exact) mass is 597 g/mol. The van der Waals surface area contributed by atoms with E-state index in [-0.39, 0.29) is 39.2 Å². The van der Waals surface area contributed by atoms with Crippen LogP contribution in [0.1, 0.15) is 36.8 Å². The molecule has 2 aromatic carbocycles. The Morgan fingerprint density at radius 2 is 1.90 bits per heavy atom. The number of hydrogen-bond acceptors (Lipinski definition) is 8. The molecule has 0 saturated heterocycles. The van der Waals surface area contributed by atoms with Gasteiger partial charge in [0.1, 0.15) is 16.5 Å². The number of aromatic nitrogens is 1. The van der Waals surface area contributed by atoms with Crippen molar-refractivity contribution < 1.29 is 18.9 Å². The highest BCUT2D eigenvalue weighted by molar-refractivity contribution is 7.07. The third-order valence-electron chi connectivity index (χ3n) is 6.31. The minimum atomic E-state index is -0.723. The molecule has 0 saturated carbocycles. The highest BCUT2D eigenvalue weighted by atomic mass is 35.5. The van der Waals surface area contributed by atoms with Gasteiger partial charge in [0.2, 0.25) is 0 Å². The molecule has 1 aliphatic heterocycles. The molecule has 0 bridgehead atoms. The van der Waals surface area contributed by atoms with E-state index in [1.807, 2.05) is 31.2 Å². The number of nitrogens with zero attached hydrogens (tertiary/aromatic N) is 3. The number of carbonyl (C=O) groups excluding carboxylic acids is 1. The van der Waals surface area contributed by atoms with Gasteiger partial charge in [-0.3, -0.25) is 19.5 Å². The van der Waals surface area contributed by atoms with Gasteiger partial charge in [0.05, 0.1) is 38.4 Å². The number of nitro benzene ring substituents is 1. The molecular formula is C28H21Cl2N3O6S. The molecular weight excluding hydrogens is 577 g/mol. The van der Waals surface area contributed by atoms with Crippen molar-refractivity contribution in [3.8, 4) is 11.3 Å². The van der Waals surface area contributed by atoms with Gasteiger partial charge in [-0.25, -0.2) is 9.79 Å². The largest absolute Gasteiger partial charge is 0.463 e. The van der Waals surface area contributed by atoms with Gasteiger partial charge in [0.15, 0.2) is 4.80 Å². The summed E-state index contributed by atoms with van der Waals surface area (Å²) in [4.78, 5) is 42.5. The quantitative estimate of drug-likeness (QED) is 0.163. The number of nitro groups is 1. The first kappa shape index (κ1) is 27.6. The molecule has 2 aromatic heterocycles. The molecule has 1 atom stereocenters. The summed E-state index contributed by atoms with van der Waals surface area (Å²) in [6.45, 7) is 5.58. The van der Waals surface area contributed by atoms with Crippen LogP contribution in [-0.2, 0) is 9.53 Å². The van der Waals surface area contributed by atoms with E-state index in [0.717, 1.165) is 22.5 Å². The molecule has 4 aromatic rings. The molecule has 0 spiro atoms. The number of thiazole rings is 1. The molecule has 0 unspecified atom stereocenters. The smallest absolute Gasteiger partial charge is 0.338 e. The van der Waals surface area contributed by atoms with Crippen LogP contribution in [0.5, 0.6) is 0 Å². The summed E-state index contributed by atoms with van der Waals surface area (Å²) in [6, 6.07) is 12.6. The number of furan rings is 1. The van der Waals surface area contributed by atoms with E-state index in [4.69, 9.17) is 32.4 Å². The molecule has 0 aliphatic carbocycles. The fourth-order valence-corrected chi connectivity index (χ4v) is 6.00. The third kappa shape index (κ3) is 5.01. The lowest BCUT2D eigenvalue weighted by Crippen LogP contribution is -2.39. The van der Waals surface area contributed by atoms with E-state index >= 15 is 0 Å². The average Bonchev–Trinajstić information content (AvgIpc) is 3.48. The van der Waals surface area contributed by atoms with Gasteiger partial charge in [-0.05, 0) is 44.5 Å². The highest BCUT2D eigenvalue weighted by Crippen LogP contribution is 2.37. The van der Waals surface area contributed by atoms with Crippen LogP contribution >= 0.6 is 34.5 Å². The first-order valence-electron chi connectivity index (χ1n) is 12.1. The number of carbonyl (C=O) groups is 1. The summed E-state index contributed by atoms with van der Waals surface area (Å²) >= 11 is 13.4. The van der Waals surface area contributed by atoms with E-state index in [1.54, 1.807) is 32.1 Å². The lowest BCUT2D eigenvalue weighted by atomic mass is 9.95. The highest BCUT2D eigenvalue weighted by Gasteiger charge is 2.33. The topological polar surface area (TPSA) is 117 Å². The maximum absolute atomic E-state index is 13.7. The van der Waals surface area contributed by atoms with Gasteiger partial charge in [-0.15, -0.1) is 0 Å². The second kappa shape index (κ2) is 10.9. The summed E-state index contributed by atoms with van der Waals surface area (Å²) in [5.41, 5.74) is 2.16. The van der Waals surface area contributed by atoms with Crippen LogP contribution in [0, 0.1) is 17.0 Å². The van der Waals surface area contributed by atoms with Gasteiger partial charge < -0.3 is 9.15 Å². The Kier molecular flexibility index (Phi) is 7.50. The molecule has 1 aliphatic rings. The van der Waals surface area contributed by atoms with Gasteiger partial charge in [0.25, 0.3) is 11.2 Å². The van der Waals surface area contributed by atoms with Crippen LogP contribution in [-0.4, -0.2) is 22.1 Å². The Morgan fingerprint density at radius 3 is 2.58 bits per heavy atom. The lowest BCUT2D eigenvalue weighted by Gasteiger charge is -2.24. The van der Waals surface area contributed by atoms with E-state index in [9.17, 15) is 19.7 Å². The molecule has 5 rings (SSSR count). The molecule has 40 heavy (non-hydrogen) atoms. The standard InChI is InChI=1S/C28H21Cl2N3O6S/c1-4-38-27(35)24-15(3)31-28-32(25(24)16-7-5-14(2)6-8-16)26(34)23(40-28)11-17-9-10-22(39-17)18-12-21(33(36)37)20(30)13-19(18)29/h5-13,25H,4H2,1-3H3/b23-11+/t25-/m1/s1. The molecule has 3 heterocycles. The molecule has 0 N–H and O–H groups in total. The van der Waals surface area contributed by atoms with Crippen molar-refractivity contribution in [3.63, 3.8) is 0 Å². The van der Waals surface area contributed by atoms with Crippen LogP contribution in [0.15, 0.2) is 74.0 Å². The van der Waals surface area contributed by atoms with E-state index in [0.29, 0.717) is 26.4 Å². The summed E-state index contributed by atoms with van der Waals surface area (Å²) in [5, 5.41) is 11.4. The van der Waals surface area contributed by atoms with E-state index < -0.39 is 16.9 Å². The minimum Gasteiger partial charge on any atom is -0.463 e. The van der Waals surface area contributed by atoms with Crippen molar-refractivity contribution in [2.24, 2.45) is 4.99 Å². The van der Waals surface area contributed by atoms with Crippen molar-refractivity contribution in [1.82, 2.24) is 4.57 Å². The second-order valence-electron chi connectivity index (χ2n) is 8.96. The SMILES string of the molecule is CCOC(=O)C1=C(C)N=c2s/c(=C/c3ccc(-c4cc([N+](=O)[O-])c(Cl)cc4Cl)o3)c(=O)n2[C@@H]1c1ccc(C)cc1. The Morgan fingerprint density at radius 1 is 1.18 bits per heavy atom. The number of ether oxygens (including phenoxy) is 1. The van der Waals surface area contributed by atoms with Crippen molar-refractivity contribution in [3.05, 3.63) is 117 Å². The Balaban J connectivity index is 1.63. The first-order chi connectivity index (χ1) is 19.1. The zero-order chi connectivity index (χ0) is 28.7. The molecule has 0 amide bonds. The average molecular weight is 598 g/mol. The van der Waals surface area contributed by atoms with Gasteiger partial charge >= 0.3 is 5.97 Å². The van der Waals surface area contributed by atoms with Crippen molar-refractivity contribution >= 4 is 52.3 Å². The van der Waals surface area contributed by atoms with Crippen LogP contribution < -0.4 is 14.9 Å². The van der Waals surface area contributed by atoms with Gasteiger partial charge in [-0.1, -0.05) is 64.4 Å². The van der Waals surface area contributed by atoms with Crippen LogP contribution in [0.4, 0.5) is 5.69 Å². The number of allylic oxidation sites excluding steroid dienone is 1. The Labute approximate surface area is 241 Å². The third-order valence-corrected chi connectivity index (χ3v) is 7.91. The fourth-order valence-electron chi connectivity index (χ4n) is 4.43. The number of fused-ring (bicyclic) bond motifs is 1. The number of esters is 1. The Hall–Kier alpha value is -3.99. The number of aryl methyl sites for hydroxylation is 1. The minimum absolute atomic E-state index is 0.0905. The second-order valence-corrected chi connectivity index (χ2v) is 10.8. The number of rotatable bonds is 6. The molecule has 0 radical (unpaired) electrons. The van der Waals surface area contributed by atoms with E-state index in [1.165, 1.54) is 16.7 Å². The van der Waals surface area contributed by atoms with Crippen molar-refractivity contribution in [1.29, 1.82) is 0 Å². The maximum atomic E-state index is 13.7. The molecule has 12 heteroatoms. The summed E-state index contributed by atoms with van der Waals surface area (Å²) in [5.74, 6) is 0.0529. The summed E-state index contributed by atoms with van der Waals surface area (Å²) in [7, 11) is 0. The normalized spacial score (nSPS) is 15.1. The van der Waals surface area contributed by atoms with Crippen molar-refractivity contribution in [2.45, 2.75) is 26.8 Å². The van der Waals surface area contributed by atoms with Crippen LogP contribution in [0.25, 0.3) is 17.4 Å². The zero-order valence-corrected chi connectivity index (χ0v) is 23.8. The number of halogens is 2. The predicted octanol–water partition coefficient (Wildman–Crippen LogP) is 5.58. The van der Waals surface area contributed by atoms with Gasteiger partial charge in [0, 0.05) is 17.7 Å². The van der Waals surface area contributed by atoms with E-state index in [2.05, 4.69) is 4.99 Å².